The Bertz CT molecular complexity index is 1530. The molecule has 0 fully saturated rings. The van der Waals surface area contributed by atoms with Crippen molar-refractivity contribution in [2.24, 2.45) is 0 Å². The minimum Gasteiger partial charge on any atom is -0.330 e. The molecule has 8 nitrogen and oxygen atoms in total. The predicted octanol–water partition coefficient (Wildman–Crippen LogP) is 5.11. The van der Waals surface area contributed by atoms with Gasteiger partial charge < -0.3 is 4.90 Å². The van der Waals surface area contributed by atoms with Gasteiger partial charge in [0.05, 0.1) is 11.7 Å². The Hall–Kier alpha value is -4.07. The Labute approximate surface area is 204 Å². The van der Waals surface area contributed by atoms with Crippen LogP contribution in [-0.2, 0) is 19.3 Å². The zero-order valence-electron chi connectivity index (χ0n) is 20.4. The van der Waals surface area contributed by atoms with Crippen LogP contribution in [0.3, 0.4) is 0 Å². The molecule has 5 aromatic rings. The summed E-state index contributed by atoms with van der Waals surface area (Å²) < 4.78 is 2.24. The van der Waals surface area contributed by atoms with Gasteiger partial charge in [-0.05, 0) is 80.1 Å². The predicted molar refractivity (Wildman–Crippen MR) is 136 cm³/mol. The molecule has 1 aliphatic rings. The van der Waals surface area contributed by atoms with Crippen LogP contribution in [-0.4, -0.2) is 35.2 Å². The highest BCUT2D eigenvalue weighted by Gasteiger charge is 2.29. The highest BCUT2D eigenvalue weighted by atomic mass is 15.5. The fourth-order valence-corrected chi connectivity index (χ4v) is 5.37. The number of aromatic nitrogens is 7. The summed E-state index contributed by atoms with van der Waals surface area (Å²) in [5.41, 5.74) is 10.4. The van der Waals surface area contributed by atoms with E-state index >= 15 is 0 Å². The van der Waals surface area contributed by atoms with Gasteiger partial charge in [-0.2, -0.15) is 5.21 Å². The number of benzene rings is 2. The lowest BCUT2D eigenvalue weighted by atomic mass is 9.98. The number of nitrogens with one attached hydrogen (secondary N) is 1. The minimum absolute atomic E-state index is 0.0819. The number of rotatable bonds is 4. The maximum absolute atomic E-state index is 4.95. The van der Waals surface area contributed by atoms with E-state index in [0.29, 0.717) is 5.82 Å². The van der Waals surface area contributed by atoms with Crippen LogP contribution in [0, 0.1) is 13.8 Å². The monoisotopic (exact) mass is 464 g/mol. The minimum atomic E-state index is -0.0819. The van der Waals surface area contributed by atoms with Crippen LogP contribution < -0.4 is 4.90 Å². The lowest BCUT2D eigenvalue weighted by Crippen LogP contribution is -2.24. The van der Waals surface area contributed by atoms with Crippen molar-refractivity contribution >= 4 is 22.5 Å². The first-order valence-corrected chi connectivity index (χ1v) is 12.1. The van der Waals surface area contributed by atoms with Crippen LogP contribution in [0.15, 0.2) is 48.7 Å². The summed E-state index contributed by atoms with van der Waals surface area (Å²) >= 11 is 0. The zero-order valence-corrected chi connectivity index (χ0v) is 20.4. The molecule has 0 amide bonds. The zero-order chi connectivity index (χ0) is 24.1. The molecule has 8 heteroatoms. The summed E-state index contributed by atoms with van der Waals surface area (Å²) in [7, 11) is 0. The third kappa shape index (κ3) is 3.31. The van der Waals surface area contributed by atoms with Crippen molar-refractivity contribution in [2.75, 3.05) is 4.90 Å². The molecule has 0 saturated heterocycles. The number of anilines is 2. The topological polar surface area (TPSA) is 88.4 Å². The quantitative estimate of drug-likeness (QED) is 0.398. The normalized spacial score (nSPS) is 14.0. The van der Waals surface area contributed by atoms with E-state index in [1.54, 1.807) is 0 Å². The first-order valence-electron chi connectivity index (χ1n) is 12.1. The Morgan fingerprint density at radius 2 is 1.83 bits per heavy atom. The highest BCUT2D eigenvalue weighted by molar-refractivity contribution is 5.80. The van der Waals surface area contributed by atoms with Gasteiger partial charge in [0.25, 0.3) is 0 Å². The maximum atomic E-state index is 4.95. The molecule has 0 bridgehead atoms. The van der Waals surface area contributed by atoms with Gasteiger partial charge in [-0.3, -0.25) is 4.57 Å². The molecule has 6 rings (SSSR count). The fourth-order valence-electron chi connectivity index (χ4n) is 5.37. The third-order valence-electron chi connectivity index (χ3n) is 7.20. The van der Waals surface area contributed by atoms with E-state index in [2.05, 4.69) is 94.2 Å². The number of imidazole rings is 1. The van der Waals surface area contributed by atoms with Crippen LogP contribution in [0.1, 0.15) is 53.8 Å². The number of pyridine rings is 1. The van der Waals surface area contributed by atoms with Gasteiger partial charge >= 0.3 is 0 Å². The molecule has 1 aliphatic heterocycles. The lowest BCUT2D eigenvalue weighted by Gasteiger charge is -2.32. The summed E-state index contributed by atoms with van der Waals surface area (Å²) in [4.78, 5) is 12.0. The van der Waals surface area contributed by atoms with Crippen LogP contribution in [0.5, 0.6) is 0 Å². The Morgan fingerprint density at radius 1 is 1.00 bits per heavy atom. The molecule has 4 heterocycles. The van der Waals surface area contributed by atoms with Crippen molar-refractivity contribution in [1.82, 2.24) is 35.2 Å². The van der Waals surface area contributed by atoms with E-state index in [1.165, 1.54) is 28.1 Å². The molecule has 1 unspecified atom stereocenters. The Morgan fingerprint density at radius 3 is 2.63 bits per heavy atom. The van der Waals surface area contributed by atoms with E-state index < -0.39 is 0 Å². The summed E-state index contributed by atoms with van der Waals surface area (Å²) in [6.45, 7) is 8.60. The number of para-hydroxylation sites is 1. The number of nitrogens with zero attached hydrogens (tertiary/aromatic N) is 7. The van der Waals surface area contributed by atoms with Crippen molar-refractivity contribution < 1.29 is 0 Å². The van der Waals surface area contributed by atoms with Crippen LogP contribution >= 0.6 is 0 Å². The van der Waals surface area contributed by atoms with E-state index in [-0.39, 0.29) is 6.04 Å². The largest absolute Gasteiger partial charge is 0.330 e. The molecule has 1 atom stereocenters. The number of tetrazole rings is 1. The summed E-state index contributed by atoms with van der Waals surface area (Å²) in [5, 5.41) is 15.0. The molecule has 2 aromatic carbocycles. The second kappa shape index (κ2) is 8.30. The number of fused-ring (bicyclic) bond motifs is 3. The van der Waals surface area contributed by atoms with Gasteiger partial charge in [0.15, 0.2) is 11.5 Å². The molecular formula is C27H28N8. The van der Waals surface area contributed by atoms with Gasteiger partial charge in [-0.25, -0.2) is 9.97 Å². The second-order valence-corrected chi connectivity index (χ2v) is 9.17. The molecule has 3 aromatic heterocycles. The van der Waals surface area contributed by atoms with Gasteiger partial charge in [0.1, 0.15) is 11.3 Å². The van der Waals surface area contributed by atoms with Crippen LogP contribution in [0.2, 0.25) is 0 Å². The molecule has 0 aliphatic carbocycles. The summed E-state index contributed by atoms with van der Waals surface area (Å²) in [6, 6.07) is 15.0. The van der Waals surface area contributed by atoms with E-state index in [0.717, 1.165) is 47.5 Å². The average Bonchev–Trinajstić information content (AvgIpc) is 3.50. The molecular weight excluding hydrogens is 436 g/mol. The van der Waals surface area contributed by atoms with Crippen molar-refractivity contribution in [2.45, 2.75) is 53.0 Å². The maximum Gasteiger partial charge on any atom is 0.196 e. The van der Waals surface area contributed by atoms with Crippen molar-refractivity contribution in [1.29, 1.82) is 0 Å². The number of hydrogen-bond donors (Lipinski definition) is 1. The molecule has 0 spiro atoms. The SMILES string of the molecule is CCc1nc2c(C)ccnc2n1-c1ccc2c(c1C)CCc1ccccc1N2C(C)c1nn[nH]n1. The van der Waals surface area contributed by atoms with Gasteiger partial charge in [-0.15, -0.1) is 10.2 Å². The third-order valence-corrected chi connectivity index (χ3v) is 7.20. The number of aryl methyl sites for hydroxylation is 3. The van der Waals surface area contributed by atoms with Crippen LogP contribution in [0.4, 0.5) is 11.4 Å². The van der Waals surface area contributed by atoms with Crippen molar-refractivity contribution in [3.63, 3.8) is 0 Å². The van der Waals surface area contributed by atoms with E-state index in [1.807, 2.05) is 12.3 Å². The first kappa shape index (κ1) is 21.5. The highest BCUT2D eigenvalue weighted by Crippen LogP contribution is 2.43. The number of aromatic amines is 1. The van der Waals surface area contributed by atoms with Gasteiger partial charge in [0.2, 0.25) is 0 Å². The Kier molecular flexibility index (Phi) is 5.09. The standard InChI is InChI=1S/C27H28N8/c1-5-24-29-25-16(2)14-15-28-27(25)35(24)21-12-13-23-20(17(21)3)11-10-19-8-6-7-9-22(19)34(23)18(4)26-30-32-33-31-26/h6-9,12-15,18H,5,10-11H2,1-4H3,(H,30,31,32,33). The van der Waals surface area contributed by atoms with E-state index in [9.17, 15) is 0 Å². The van der Waals surface area contributed by atoms with Crippen LogP contribution in [0.25, 0.3) is 16.9 Å². The smallest absolute Gasteiger partial charge is 0.196 e. The number of hydrogen-bond acceptors (Lipinski definition) is 6. The summed E-state index contributed by atoms with van der Waals surface area (Å²) in [6.07, 6.45) is 4.62. The molecule has 0 saturated carbocycles. The van der Waals surface area contributed by atoms with E-state index in [4.69, 9.17) is 9.97 Å². The number of H-pyrrole nitrogens is 1. The van der Waals surface area contributed by atoms with Crippen molar-refractivity contribution in [3.05, 3.63) is 82.6 Å². The second-order valence-electron chi connectivity index (χ2n) is 9.17. The lowest BCUT2D eigenvalue weighted by molar-refractivity contribution is 0.711. The van der Waals surface area contributed by atoms with Gasteiger partial charge in [0, 0.05) is 24.0 Å². The Balaban J connectivity index is 1.58. The molecule has 35 heavy (non-hydrogen) atoms. The molecule has 176 valence electrons. The molecule has 0 radical (unpaired) electrons. The average molecular weight is 465 g/mol. The van der Waals surface area contributed by atoms with Crippen molar-refractivity contribution in [3.8, 4) is 5.69 Å². The summed E-state index contributed by atoms with van der Waals surface area (Å²) in [5.74, 6) is 1.70. The molecule has 1 N–H and O–H groups in total. The fraction of sp³-hybridized carbons (Fsp3) is 0.296. The van der Waals surface area contributed by atoms with Gasteiger partial charge in [-0.1, -0.05) is 30.3 Å². The first-order chi connectivity index (χ1) is 17.1.